The van der Waals surface area contributed by atoms with Crippen LogP contribution < -0.4 is 10.6 Å². The molecule has 18 heavy (non-hydrogen) atoms. The Balaban J connectivity index is 2.35. The van der Waals surface area contributed by atoms with Crippen LogP contribution in [-0.4, -0.2) is 17.9 Å². The average Bonchev–Trinajstić information content (AvgIpc) is 2.41. The van der Waals surface area contributed by atoms with E-state index in [-0.39, 0.29) is 17.2 Å². The molecule has 2 N–H and O–H groups in total. The van der Waals surface area contributed by atoms with E-state index in [0.717, 1.165) is 0 Å². The van der Waals surface area contributed by atoms with Gasteiger partial charge in [-0.2, -0.15) is 0 Å². The quantitative estimate of drug-likeness (QED) is 0.824. The summed E-state index contributed by atoms with van der Waals surface area (Å²) in [7, 11) is 1.60. The highest BCUT2D eigenvalue weighted by Crippen LogP contribution is 2.20. The number of para-hydroxylation sites is 1. The first-order chi connectivity index (χ1) is 8.61. The van der Waals surface area contributed by atoms with Crippen molar-refractivity contribution in [3.63, 3.8) is 0 Å². The molecule has 0 atom stereocenters. The molecule has 0 bridgehead atoms. The van der Waals surface area contributed by atoms with Crippen molar-refractivity contribution >= 4 is 17.3 Å². The lowest BCUT2D eigenvalue weighted by Gasteiger charge is -2.18. The average molecular weight is 245 g/mol. The van der Waals surface area contributed by atoms with Crippen molar-refractivity contribution in [2.45, 2.75) is 0 Å². The Bertz CT molecular complexity index is 572. The monoisotopic (exact) mass is 245 g/mol. The molecule has 0 radical (unpaired) electrons. The first kappa shape index (κ1) is 12.0. The zero-order valence-electron chi connectivity index (χ0n) is 9.80. The van der Waals surface area contributed by atoms with Crippen LogP contribution in [0, 0.1) is 5.82 Å². The minimum Gasteiger partial charge on any atom is -0.396 e. The smallest absolute Gasteiger partial charge is 0.260 e. The second-order valence-electron chi connectivity index (χ2n) is 3.77. The zero-order valence-corrected chi connectivity index (χ0v) is 9.80. The van der Waals surface area contributed by atoms with Crippen LogP contribution in [0.2, 0.25) is 0 Å². The van der Waals surface area contributed by atoms with Crippen molar-refractivity contribution in [2.24, 2.45) is 0 Å². The fourth-order valence-electron chi connectivity index (χ4n) is 1.59. The summed E-state index contributed by atoms with van der Waals surface area (Å²) >= 11 is 0. The van der Waals surface area contributed by atoms with Crippen LogP contribution in [0.15, 0.2) is 42.7 Å². The molecule has 2 aromatic rings. The van der Waals surface area contributed by atoms with Crippen LogP contribution in [0.4, 0.5) is 15.8 Å². The van der Waals surface area contributed by atoms with Crippen molar-refractivity contribution in [3.05, 3.63) is 54.1 Å². The number of nitrogens with zero attached hydrogens (tertiary/aromatic N) is 2. The molecule has 0 fully saturated rings. The van der Waals surface area contributed by atoms with Gasteiger partial charge < -0.3 is 10.6 Å². The summed E-state index contributed by atoms with van der Waals surface area (Å²) < 4.78 is 13.3. The van der Waals surface area contributed by atoms with Gasteiger partial charge in [-0.25, -0.2) is 4.39 Å². The van der Waals surface area contributed by atoms with Crippen molar-refractivity contribution in [1.82, 2.24) is 4.98 Å². The predicted molar refractivity (Wildman–Crippen MR) is 67.8 cm³/mol. The number of amides is 1. The second-order valence-corrected chi connectivity index (χ2v) is 3.77. The SMILES string of the molecule is CN(C(=O)c1cccc(F)c1N)c1ccncc1. The largest absolute Gasteiger partial charge is 0.396 e. The molecule has 1 aromatic heterocycles. The molecule has 1 heterocycles. The van der Waals surface area contributed by atoms with Gasteiger partial charge in [-0.1, -0.05) is 6.07 Å². The minimum absolute atomic E-state index is 0.136. The van der Waals surface area contributed by atoms with E-state index in [2.05, 4.69) is 4.98 Å². The third-order valence-corrected chi connectivity index (χ3v) is 2.64. The predicted octanol–water partition coefficient (Wildman–Crippen LogP) is 2.08. The van der Waals surface area contributed by atoms with E-state index in [0.29, 0.717) is 5.69 Å². The highest BCUT2D eigenvalue weighted by Gasteiger charge is 2.17. The molecule has 0 saturated heterocycles. The van der Waals surface area contributed by atoms with Gasteiger partial charge in [0.2, 0.25) is 0 Å². The molecule has 0 aliphatic heterocycles. The molecule has 0 saturated carbocycles. The number of nitrogen functional groups attached to an aromatic ring is 1. The van der Waals surface area contributed by atoms with Gasteiger partial charge in [0, 0.05) is 25.1 Å². The summed E-state index contributed by atoms with van der Waals surface area (Å²) in [5.74, 6) is -0.956. The van der Waals surface area contributed by atoms with E-state index in [1.165, 1.54) is 23.1 Å². The van der Waals surface area contributed by atoms with Gasteiger partial charge in [-0.3, -0.25) is 9.78 Å². The molecule has 1 amide bonds. The molecular weight excluding hydrogens is 233 g/mol. The number of anilines is 2. The number of nitrogens with two attached hydrogens (primary N) is 1. The summed E-state index contributed by atoms with van der Waals surface area (Å²) in [5, 5.41) is 0. The second kappa shape index (κ2) is 4.83. The number of halogens is 1. The fraction of sp³-hybridized carbons (Fsp3) is 0.0769. The lowest BCUT2D eigenvalue weighted by molar-refractivity contribution is 0.0993. The summed E-state index contributed by atoms with van der Waals surface area (Å²) in [6.45, 7) is 0. The lowest BCUT2D eigenvalue weighted by Crippen LogP contribution is -2.27. The summed E-state index contributed by atoms with van der Waals surface area (Å²) in [4.78, 5) is 17.4. The topological polar surface area (TPSA) is 59.2 Å². The van der Waals surface area contributed by atoms with E-state index in [1.807, 2.05) is 0 Å². The normalized spacial score (nSPS) is 10.1. The molecule has 1 aromatic carbocycles. The molecule has 2 rings (SSSR count). The van der Waals surface area contributed by atoms with Gasteiger partial charge >= 0.3 is 0 Å². The Morgan fingerprint density at radius 2 is 1.94 bits per heavy atom. The van der Waals surface area contributed by atoms with Crippen LogP contribution in [0.3, 0.4) is 0 Å². The summed E-state index contributed by atoms with van der Waals surface area (Å²) in [6, 6.07) is 7.55. The Hall–Kier alpha value is -2.43. The third-order valence-electron chi connectivity index (χ3n) is 2.64. The van der Waals surface area contributed by atoms with Crippen LogP contribution in [-0.2, 0) is 0 Å². The van der Waals surface area contributed by atoms with Gasteiger partial charge in [0.15, 0.2) is 0 Å². The van der Waals surface area contributed by atoms with Gasteiger partial charge in [-0.05, 0) is 24.3 Å². The maximum absolute atomic E-state index is 13.3. The number of rotatable bonds is 2. The molecule has 5 heteroatoms. The number of hydrogen-bond donors (Lipinski definition) is 1. The first-order valence-electron chi connectivity index (χ1n) is 5.33. The van der Waals surface area contributed by atoms with Crippen LogP contribution >= 0.6 is 0 Å². The van der Waals surface area contributed by atoms with Gasteiger partial charge in [-0.15, -0.1) is 0 Å². The van der Waals surface area contributed by atoms with Crippen LogP contribution in [0.25, 0.3) is 0 Å². The van der Waals surface area contributed by atoms with Crippen LogP contribution in [0.5, 0.6) is 0 Å². The zero-order chi connectivity index (χ0) is 13.1. The molecule has 0 aliphatic rings. The van der Waals surface area contributed by atoms with E-state index in [4.69, 9.17) is 5.73 Å². The molecule has 0 unspecified atom stereocenters. The maximum atomic E-state index is 13.3. The van der Waals surface area contributed by atoms with Crippen molar-refractivity contribution < 1.29 is 9.18 Å². The summed E-state index contributed by atoms with van der Waals surface area (Å²) in [6.07, 6.45) is 3.15. The molecule has 92 valence electrons. The standard InChI is InChI=1S/C13H12FN3O/c1-17(9-5-7-16-8-6-9)13(18)10-3-2-4-11(14)12(10)15/h2-8H,15H2,1H3. The molecule has 0 aliphatic carbocycles. The van der Waals surface area contributed by atoms with Gasteiger partial charge in [0.1, 0.15) is 5.82 Å². The Labute approximate surface area is 104 Å². The third kappa shape index (κ3) is 2.15. The summed E-state index contributed by atoms with van der Waals surface area (Å²) in [5.41, 5.74) is 6.24. The minimum atomic E-state index is -0.594. The van der Waals surface area contributed by atoms with Crippen molar-refractivity contribution in [3.8, 4) is 0 Å². The van der Waals surface area contributed by atoms with E-state index < -0.39 is 5.82 Å². The lowest BCUT2D eigenvalue weighted by atomic mass is 10.1. The van der Waals surface area contributed by atoms with E-state index in [9.17, 15) is 9.18 Å². The number of carbonyl (C=O) groups excluding carboxylic acids is 1. The number of hydrogen-bond acceptors (Lipinski definition) is 3. The van der Waals surface area contributed by atoms with E-state index in [1.54, 1.807) is 31.6 Å². The van der Waals surface area contributed by atoms with Gasteiger partial charge in [0.25, 0.3) is 5.91 Å². The Kier molecular flexibility index (Phi) is 3.23. The molecule has 0 spiro atoms. The van der Waals surface area contributed by atoms with Gasteiger partial charge in [0.05, 0.1) is 11.3 Å². The van der Waals surface area contributed by atoms with Crippen molar-refractivity contribution in [2.75, 3.05) is 17.7 Å². The number of carbonyl (C=O) groups is 1. The highest BCUT2D eigenvalue weighted by molar-refractivity contribution is 6.08. The highest BCUT2D eigenvalue weighted by atomic mass is 19.1. The first-order valence-corrected chi connectivity index (χ1v) is 5.33. The number of benzene rings is 1. The Morgan fingerprint density at radius 1 is 1.28 bits per heavy atom. The Morgan fingerprint density at radius 3 is 2.61 bits per heavy atom. The maximum Gasteiger partial charge on any atom is 0.260 e. The number of pyridine rings is 1. The molecule has 4 nitrogen and oxygen atoms in total. The molecular formula is C13H12FN3O. The van der Waals surface area contributed by atoms with Crippen LogP contribution in [0.1, 0.15) is 10.4 Å². The van der Waals surface area contributed by atoms with Crippen molar-refractivity contribution in [1.29, 1.82) is 0 Å². The van der Waals surface area contributed by atoms with E-state index >= 15 is 0 Å². The number of aromatic nitrogens is 1. The fourth-order valence-corrected chi connectivity index (χ4v) is 1.59.